The van der Waals surface area contributed by atoms with Gasteiger partial charge in [0.25, 0.3) is 5.69 Å². The van der Waals surface area contributed by atoms with E-state index in [1.54, 1.807) is 6.07 Å². The molecule has 1 aromatic carbocycles. The number of nitrogens with zero attached hydrogens (tertiary/aromatic N) is 3. The minimum absolute atomic E-state index is 0.0162. The summed E-state index contributed by atoms with van der Waals surface area (Å²) in [4.78, 5) is 11.7. The van der Waals surface area contributed by atoms with E-state index in [0.29, 0.717) is 6.54 Å². The summed E-state index contributed by atoms with van der Waals surface area (Å²) >= 11 is 0. The number of nitro benzene ring substituents is 1. The summed E-state index contributed by atoms with van der Waals surface area (Å²) in [5.74, 6) is 0. The molecule has 7 nitrogen and oxygen atoms in total. The Balaban J connectivity index is 2.97. The van der Waals surface area contributed by atoms with E-state index in [4.69, 9.17) is 10.5 Å². The first-order valence-corrected chi connectivity index (χ1v) is 6.15. The van der Waals surface area contributed by atoms with Gasteiger partial charge < -0.3 is 10.2 Å². The molecule has 104 valence electrons. The molecule has 2 N–H and O–H groups in total. The quantitative estimate of drug-likeness (QED) is 0.440. The van der Waals surface area contributed by atoms with Gasteiger partial charge in [0.2, 0.25) is 0 Å². The van der Waals surface area contributed by atoms with Gasteiger partial charge in [0, 0.05) is 19.0 Å². The lowest BCUT2D eigenvalue weighted by Crippen LogP contribution is -3.05. The molecule has 0 spiro atoms. The monoisotopic (exact) mass is 274 g/mol. The number of rotatable bonds is 6. The summed E-state index contributed by atoms with van der Waals surface area (Å²) in [6.45, 7) is 1.50. The number of nitro groups is 1. The van der Waals surface area contributed by atoms with Gasteiger partial charge in [-0.25, -0.2) is 0 Å². The maximum atomic E-state index is 11.0. The van der Waals surface area contributed by atoms with Crippen molar-refractivity contribution in [3.05, 3.63) is 33.4 Å². The van der Waals surface area contributed by atoms with Crippen molar-refractivity contribution >= 4 is 11.4 Å². The first kappa shape index (κ1) is 15.4. The van der Waals surface area contributed by atoms with E-state index in [-0.39, 0.29) is 22.5 Å². The Labute approximate surface area is 117 Å². The Bertz CT molecular complexity index is 584. The number of hydrogen-bond acceptors (Lipinski definition) is 5. The van der Waals surface area contributed by atoms with Gasteiger partial charge in [-0.3, -0.25) is 10.1 Å². The molecule has 7 heteroatoms. The molecule has 0 aliphatic carbocycles. The van der Waals surface area contributed by atoms with Crippen molar-refractivity contribution in [1.29, 1.82) is 10.5 Å². The molecule has 1 rings (SSSR count). The molecule has 0 saturated carbocycles. The van der Waals surface area contributed by atoms with E-state index in [0.717, 1.165) is 19.0 Å². The van der Waals surface area contributed by atoms with Crippen LogP contribution >= 0.6 is 0 Å². The number of quaternary nitrogens is 1. The highest BCUT2D eigenvalue weighted by Crippen LogP contribution is 2.27. The smallest absolute Gasteiger partial charge is 0.293 e. The minimum atomic E-state index is -0.554. The summed E-state index contributed by atoms with van der Waals surface area (Å²) in [7, 11) is 4.05. The van der Waals surface area contributed by atoms with Gasteiger partial charge in [-0.1, -0.05) is 0 Å². The second kappa shape index (κ2) is 7.07. The first-order valence-electron chi connectivity index (χ1n) is 6.15. The largest absolute Gasteiger partial charge is 0.379 e. The molecule has 0 heterocycles. The summed E-state index contributed by atoms with van der Waals surface area (Å²) in [5, 5.41) is 31.8. The van der Waals surface area contributed by atoms with E-state index in [1.165, 1.54) is 11.0 Å². The van der Waals surface area contributed by atoms with Crippen LogP contribution in [0.1, 0.15) is 17.5 Å². The van der Waals surface area contributed by atoms with Crippen molar-refractivity contribution in [2.24, 2.45) is 0 Å². The summed E-state index contributed by atoms with van der Waals surface area (Å²) in [6.07, 6.45) is 0.849. The zero-order chi connectivity index (χ0) is 15.1. The molecule has 0 unspecified atom stereocenters. The topological polar surface area (TPSA) is 107 Å². The Morgan fingerprint density at radius 3 is 2.40 bits per heavy atom. The number of hydrogen-bond donors (Lipinski definition) is 2. The average molecular weight is 274 g/mol. The molecule has 0 aliphatic heterocycles. The van der Waals surface area contributed by atoms with Gasteiger partial charge in [-0.15, -0.1) is 0 Å². The fraction of sp³-hybridized carbons (Fsp3) is 0.385. The number of nitriles is 2. The second-order valence-electron chi connectivity index (χ2n) is 4.63. The van der Waals surface area contributed by atoms with Gasteiger partial charge in [-0.05, 0) is 6.07 Å². The van der Waals surface area contributed by atoms with E-state index >= 15 is 0 Å². The van der Waals surface area contributed by atoms with Crippen LogP contribution in [0.25, 0.3) is 0 Å². The molecule has 0 saturated heterocycles. The van der Waals surface area contributed by atoms with Gasteiger partial charge in [0.1, 0.15) is 17.8 Å². The molecule has 0 amide bonds. The molecular weight excluding hydrogens is 258 g/mol. The van der Waals surface area contributed by atoms with Crippen LogP contribution in [0.5, 0.6) is 0 Å². The molecule has 0 bridgehead atoms. The molecular formula is C13H16N5O2+. The second-order valence-corrected chi connectivity index (χ2v) is 4.63. The van der Waals surface area contributed by atoms with Gasteiger partial charge in [-0.2, -0.15) is 10.5 Å². The van der Waals surface area contributed by atoms with E-state index in [1.807, 2.05) is 20.2 Å². The normalized spacial score (nSPS) is 9.85. The fourth-order valence-electron chi connectivity index (χ4n) is 1.73. The third kappa shape index (κ3) is 3.94. The van der Waals surface area contributed by atoms with Crippen LogP contribution in [0.4, 0.5) is 11.4 Å². The number of anilines is 1. The molecule has 0 fully saturated rings. The Morgan fingerprint density at radius 1 is 1.30 bits per heavy atom. The van der Waals surface area contributed by atoms with Crippen molar-refractivity contribution < 1.29 is 9.82 Å². The maximum absolute atomic E-state index is 11.0. The van der Waals surface area contributed by atoms with Crippen molar-refractivity contribution in [3.63, 3.8) is 0 Å². The zero-order valence-corrected chi connectivity index (χ0v) is 11.4. The molecule has 20 heavy (non-hydrogen) atoms. The Kier molecular flexibility index (Phi) is 5.45. The first-order chi connectivity index (χ1) is 9.49. The molecule has 0 aliphatic rings. The van der Waals surface area contributed by atoms with E-state index in [2.05, 4.69) is 5.32 Å². The zero-order valence-electron chi connectivity index (χ0n) is 11.4. The Hall–Kier alpha value is -2.64. The van der Waals surface area contributed by atoms with Crippen molar-refractivity contribution in [2.45, 2.75) is 6.42 Å². The van der Waals surface area contributed by atoms with Gasteiger partial charge >= 0.3 is 0 Å². The van der Waals surface area contributed by atoms with Crippen molar-refractivity contribution in [3.8, 4) is 12.1 Å². The van der Waals surface area contributed by atoms with Crippen LogP contribution in [-0.4, -0.2) is 32.1 Å². The minimum Gasteiger partial charge on any atom is -0.379 e. The van der Waals surface area contributed by atoms with Crippen LogP contribution in [0.2, 0.25) is 0 Å². The molecule has 0 radical (unpaired) electrons. The molecule has 0 atom stereocenters. The Morgan fingerprint density at radius 2 is 1.90 bits per heavy atom. The highest BCUT2D eigenvalue weighted by molar-refractivity contribution is 5.68. The predicted octanol–water partition coefficient (Wildman–Crippen LogP) is 0.285. The van der Waals surface area contributed by atoms with E-state index in [9.17, 15) is 10.1 Å². The third-order valence-corrected chi connectivity index (χ3v) is 2.74. The van der Waals surface area contributed by atoms with Gasteiger partial charge in [0.15, 0.2) is 0 Å². The molecule has 1 aromatic rings. The van der Waals surface area contributed by atoms with Gasteiger partial charge in [0.05, 0.1) is 36.7 Å². The van der Waals surface area contributed by atoms with Crippen LogP contribution in [0.15, 0.2) is 12.1 Å². The average Bonchev–Trinajstić information content (AvgIpc) is 2.42. The lowest BCUT2D eigenvalue weighted by Gasteiger charge is -2.10. The highest BCUT2D eigenvalue weighted by Gasteiger charge is 2.18. The summed E-state index contributed by atoms with van der Waals surface area (Å²) in [5.41, 5.74) is 0.248. The lowest BCUT2D eigenvalue weighted by atomic mass is 10.1. The van der Waals surface area contributed by atoms with Crippen LogP contribution in [-0.2, 0) is 0 Å². The number of benzene rings is 1. The van der Waals surface area contributed by atoms with Crippen molar-refractivity contribution in [1.82, 2.24) is 0 Å². The van der Waals surface area contributed by atoms with Crippen molar-refractivity contribution in [2.75, 3.05) is 32.5 Å². The van der Waals surface area contributed by atoms with Crippen LogP contribution in [0, 0.1) is 32.8 Å². The number of nitrogens with one attached hydrogen (secondary N) is 2. The summed E-state index contributed by atoms with van der Waals surface area (Å²) < 4.78 is 0. The van der Waals surface area contributed by atoms with Crippen LogP contribution in [0.3, 0.4) is 0 Å². The lowest BCUT2D eigenvalue weighted by molar-refractivity contribution is -0.858. The van der Waals surface area contributed by atoms with E-state index < -0.39 is 4.92 Å². The third-order valence-electron chi connectivity index (χ3n) is 2.74. The summed E-state index contributed by atoms with van der Waals surface area (Å²) in [6, 6.07) is 6.16. The maximum Gasteiger partial charge on any atom is 0.293 e. The predicted molar refractivity (Wildman–Crippen MR) is 73.3 cm³/mol. The highest BCUT2D eigenvalue weighted by atomic mass is 16.6. The molecule has 0 aromatic heterocycles. The van der Waals surface area contributed by atoms with Crippen LogP contribution < -0.4 is 10.2 Å². The fourth-order valence-corrected chi connectivity index (χ4v) is 1.73. The SMILES string of the molecule is C[NH+](C)CCCNc1cc(C#N)c(C#N)cc1[N+](=O)[O-]. The standard InChI is InChI=1S/C13H15N5O2/c1-17(2)5-3-4-16-12-6-10(8-14)11(9-15)7-13(12)18(19)20/h6-7,16H,3-5H2,1-2H3/p+1.